The van der Waals surface area contributed by atoms with Crippen LogP contribution in [0.3, 0.4) is 0 Å². The number of carbonyl (C=O) groups is 1. The van der Waals surface area contributed by atoms with E-state index in [2.05, 4.69) is 27.2 Å². The van der Waals surface area contributed by atoms with E-state index in [1.807, 2.05) is 38.1 Å². The Morgan fingerprint density at radius 3 is 2.72 bits per heavy atom. The van der Waals surface area contributed by atoms with E-state index in [-0.39, 0.29) is 18.4 Å². The third kappa shape index (κ3) is 4.08. The maximum Gasteiger partial charge on any atom is 0.262 e. The van der Waals surface area contributed by atoms with Crippen molar-refractivity contribution in [3.05, 3.63) is 28.7 Å². The summed E-state index contributed by atoms with van der Waals surface area (Å²) in [5.41, 5.74) is 0. The fraction of sp³-hybridized carbons (Fsp3) is 0.357. The zero-order chi connectivity index (χ0) is 13.5. The molecule has 0 fully saturated rings. The van der Waals surface area contributed by atoms with E-state index < -0.39 is 6.10 Å². The number of halogens is 1. The third-order valence-corrected chi connectivity index (χ3v) is 2.97. The van der Waals surface area contributed by atoms with Crippen molar-refractivity contribution in [2.45, 2.75) is 20.0 Å². The zero-order valence-corrected chi connectivity index (χ0v) is 12.0. The lowest BCUT2D eigenvalue weighted by atomic mass is 10.1. The topological polar surface area (TPSA) is 38.3 Å². The summed E-state index contributed by atoms with van der Waals surface area (Å²) in [6.07, 6.45) is 4.56. The van der Waals surface area contributed by atoms with Gasteiger partial charge in [0.2, 0.25) is 0 Å². The van der Waals surface area contributed by atoms with Gasteiger partial charge in [0.05, 0.1) is 11.0 Å². The standard InChI is InChI=1S/C14H16BrNO2/c1-4-9-16-14(17)13(10(2)3)18-12-8-6-5-7-11(12)15/h1,5-8,10,13H,9H2,2-3H3,(H,16,17)/t13-/m1/s1. The molecule has 0 spiro atoms. The highest BCUT2D eigenvalue weighted by molar-refractivity contribution is 9.10. The van der Waals surface area contributed by atoms with Crippen LogP contribution in [0.25, 0.3) is 0 Å². The second kappa shape index (κ2) is 7.07. The largest absolute Gasteiger partial charge is 0.479 e. The summed E-state index contributed by atoms with van der Waals surface area (Å²) in [5, 5.41) is 2.64. The highest BCUT2D eigenvalue weighted by atomic mass is 79.9. The first-order chi connectivity index (χ1) is 8.56. The van der Waals surface area contributed by atoms with Gasteiger partial charge in [0, 0.05) is 0 Å². The first kappa shape index (κ1) is 14.6. The SMILES string of the molecule is C#CCNC(=O)[C@H](Oc1ccccc1Br)C(C)C. The molecule has 1 N–H and O–H groups in total. The van der Waals surface area contributed by atoms with Gasteiger partial charge in [0.25, 0.3) is 5.91 Å². The monoisotopic (exact) mass is 309 g/mol. The van der Waals surface area contributed by atoms with E-state index in [0.717, 1.165) is 4.47 Å². The first-order valence-electron chi connectivity index (χ1n) is 5.68. The number of terminal acetylenes is 1. The fourth-order valence-electron chi connectivity index (χ4n) is 1.41. The number of carbonyl (C=O) groups excluding carboxylic acids is 1. The molecule has 0 radical (unpaired) electrons. The van der Waals surface area contributed by atoms with Crippen LogP contribution >= 0.6 is 15.9 Å². The summed E-state index contributed by atoms with van der Waals surface area (Å²) in [4.78, 5) is 11.9. The van der Waals surface area contributed by atoms with Crippen molar-refractivity contribution in [1.82, 2.24) is 5.32 Å². The summed E-state index contributed by atoms with van der Waals surface area (Å²) in [6.45, 7) is 4.06. The maximum absolute atomic E-state index is 11.9. The van der Waals surface area contributed by atoms with Crippen LogP contribution in [0.4, 0.5) is 0 Å². The molecular formula is C14H16BrNO2. The van der Waals surface area contributed by atoms with Gasteiger partial charge in [-0.25, -0.2) is 0 Å². The van der Waals surface area contributed by atoms with Crippen LogP contribution < -0.4 is 10.1 Å². The number of nitrogens with one attached hydrogen (secondary N) is 1. The van der Waals surface area contributed by atoms with E-state index in [0.29, 0.717) is 5.75 Å². The number of hydrogen-bond acceptors (Lipinski definition) is 2. The normalized spacial score (nSPS) is 11.7. The minimum Gasteiger partial charge on any atom is -0.479 e. The van der Waals surface area contributed by atoms with Crippen molar-refractivity contribution < 1.29 is 9.53 Å². The zero-order valence-electron chi connectivity index (χ0n) is 10.4. The Balaban J connectivity index is 2.79. The van der Waals surface area contributed by atoms with Crippen LogP contribution in [0, 0.1) is 18.3 Å². The van der Waals surface area contributed by atoms with Gasteiger partial charge in [-0.2, -0.15) is 0 Å². The molecule has 0 saturated carbocycles. The molecule has 3 nitrogen and oxygen atoms in total. The van der Waals surface area contributed by atoms with Crippen molar-refractivity contribution in [1.29, 1.82) is 0 Å². The quantitative estimate of drug-likeness (QED) is 0.849. The third-order valence-electron chi connectivity index (χ3n) is 2.32. The minimum atomic E-state index is -0.558. The van der Waals surface area contributed by atoms with Crippen molar-refractivity contribution in [3.8, 4) is 18.1 Å². The highest BCUT2D eigenvalue weighted by Gasteiger charge is 2.24. The van der Waals surface area contributed by atoms with Crippen molar-refractivity contribution in [2.75, 3.05) is 6.54 Å². The van der Waals surface area contributed by atoms with Gasteiger partial charge in [0.1, 0.15) is 5.75 Å². The van der Waals surface area contributed by atoms with Crippen LogP contribution in [0.15, 0.2) is 28.7 Å². The van der Waals surface area contributed by atoms with Crippen LogP contribution in [-0.4, -0.2) is 18.6 Å². The summed E-state index contributed by atoms with van der Waals surface area (Å²) >= 11 is 3.39. The average molecular weight is 310 g/mol. The Bertz CT molecular complexity index is 451. The number of ether oxygens (including phenoxy) is 1. The number of hydrogen-bond donors (Lipinski definition) is 1. The van der Waals surface area contributed by atoms with Gasteiger partial charge in [-0.1, -0.05) is 31.9 Å². The molecule has 0 heterocycles. The van der Waals surface area contributed by atoms with Crippen molar-refractivity contribution in [3.63, 3.8) is 0 Å². The molecule has 0 aliphatic rings. The van der Waals surface area contributed by atoms with Gasteiger partial charge >= 0.3 is 0 Å². The molecule has 0 bridgehead atoms. The van der Waals surface area contributed by atoms with Crippen molar-refractivity contribution in [2.24, 2.45) is 5.92 Å². The number of para-hydroxylation sites is 1. The van der Waals surface area contributed by atoms with Gasteiger partial charge in [0.15, 0.2) is 6.10 Å². The fourth-order valence-corrected chi connectivity index (χ4v) is 1.79. The molecule has 4 heteroatoms. The molecule has 1 atom stereocenters. The summed E-state index contributed by atoms with van der Waals surface area (Å²) in [6, 6.07) is 7.43. The predicted molar refractivity (Wildman–Crippen MR) is 75.2 cm³/mol. The van der Waals surface area contributed by atoms with E-state index in [1.165, 1.54) is 0 Å². The van der Waals surface area contributed by atoms with Gasteiger partial charge in [-0.3, -0.25) is 4.79 Å². The molecule has 1 rings (SSSR count). The Morgan fingerprint density at radius 1 is 1.50 bits per heavy atom. The van der Waals surface area contributed by atoms with E-state index in [4.69, 9.17) is 11.2 Å². The lowest BCUT2D eigenvalue weighted by molar-refractivity contribution is -0.129. The summed E-state index contributed by atoms with van der Waals surface area (Å²) in [5.74, 6) is 2.87. The molecule has 1 aromatic carbocycles. The molecule has 0 aliphatic carbocycles. The number of amides is 1. The molecule has 0 saturated heterocycles. The van der Waals surface area contributed by atoms with Crippen LogP contribution in [0.1, 0.15) is 13.8 Å². The van der Waals surface area contributed by atoms with E-state index in [1.54, 1.807) is 0 Å². The summed E-state index contributed by atoms with van der Waals surface area (Å²) in [7, 11) is 0. The second-order valence-electron chi connectivity index (χ2n) is 4.13. The maximum atomic E-state index is 11.9. The number of rotatable bonds is 5. The molecule has 0 unspecified atom stereocenters. The lowest BCUT2D eigenvalue weighted by Gasteiger charge is -2.22. The van der Waals surface area contributed by atoms with Crippen LogP contribution in [-0.2, 0) is 4.79 Å². The minimum absolute atomic E-state index is 0.0508. The van der Waals surface area contributed by atoms with E-state index >= 15 is 0 Å². The number of benzene rings is 1. The Kier molecular flexibility index (Phi) is 5.73. The average Bonchev–Trinajstić information content (AvgIpc) is 2.34. The lowest BCUT2D eigenvalue weighted by Crippen LogP contribution is -2.41. The van der Waals surface area contributed by atoms with Gasteiger partial charge in [-0.15, -0.1) is 6.42 Å². The Labute approximate surface area is 116 Å². The van der Waals surface area contributed by atoms with Gasteiger partial charge in [-0.05, 0) is 34.0 Å². The Hall–Kier alpha value is -1.47. The van der Waals surface area contributed by atoms with Crippen LogP contribution in [0.5, 0.6) is 5.75 Å². The van der Waals surface area contributed by atoms with Crippen molar-refractivity contribution >= 4 is 21.8 Å². The van der Waals surface area contributed by atoms with E-state index in [9.17, 15) is 4.79 Å². The second-order valence-corrected chi connectivity index (χ2v) is 4.99. The highest BCUT2D eigenvalue weighted by Crippen LogP contribution is 2.26. The molecule has 96 valence electrons. The smallest absolute Gasteiger partial charge is 0.262 e. The molecule has 0 aliphatic heterocycles. The Morgan fingerprint density at radius 2 is 2.17 bits per heavy atom. The summed E-state index contributed by atoms with van der Waals surface area (Å²) < 4.78 is 6.56. The molecular weight excluding hydrogens is 294 g/mol. The first-order valence-corrected chi connectivity index (χ1v) is 6.48. The molecule has 0 aromatic heterocycles. The molecule has 1 amide bonds. The van der Waals surface area contributed by atoms with Gasteiger partial charge < -0.3 is 10.1 Å². The van der Waals surface area contributed by atoms with Crippen LogP contribution in [0.2, 0.25) is 0 Å². The molecule has 1 aromatic rings. The molecule has 18 heavy (non-hydrogen) atoms. The predicted octanol–water partition coefficient (Wildman–Crippen LogP) is 2.60.